The summed E-state index contributed by atoms with van der Waals surface area (Å²) in [5.74, 6) is 1.79. The first-order chi connectivity index (χ1) is 15.0. The SMILES string of the molecule is COc1cc(CCC(=O)NCc2ccc(-n3ccnc3C)c(F)c2)cc(OC)c1OC. The molecular weight excluding hydrogens is 401 g/mol. The molecule has 0 bridgehead atoms. The fourth-order valence-electron chi connectivity index (χ4n) is 3.31. The number of halogens is 1. The van der Waals surface area contributed by atoms with Crippen LogP contribution in [0.25, 0.3) is 5.69 Å². The van der Waals surface area contributed by atoms with E-state index in [0.717, 1.165) is 5.56 Å². The average Bonchev–Trinajstić information content (AvgIpc) is 3.20. The summed E-state index contributed by atoms with van der Waals surface area (Å²) in [5, 5.41) is 2.83. The molecule has 0 aliphatic heterocycles. The maximum Gasteiger partial charge on any atom is 0.220 e. The fraction of sp³-hybridized carbons (Fsp3) is 0.304. The standard InChI is InChI=1S/C23H26FN3O4/c1-15-25-9-10-27(15)19-7-5-17(11-18(19)24)14-26-22(28)8-6-16-12-20(29-2)23(31-4)21(13-16)30-3/h5,7,9-13H,6,8,14H2,1-4H3,(H,26,28). The van der Waals surface area contributed by atoms with Crippen LogP contribution in [-0.4, -0.2) is 36.8 Å². The van der Waals surface area contributed by atoms with E-state index in [2.05, 4.69) is 10.3 Å². The third kappa shape index (κ3) is 5.14. The predicted molar refractivity (Wildman–Crippen MR) is 115 cm³/mol. The van der Waals surface area contributed by atoms with Gasteiger partial charge in [-0.25, -0.2) is 9.37 Å². The van der Waals surface area contributed by atoms with Crippen molar-refractivity contribution in [2.24, 2.45) is 0 Å². The quantitative estimate of drug-likeness (QED) is 0.565. The topological polar surface area (TPSA) is 74.6 Å². The minimum absolute atomic E-state index is 0.135. The van der Waals surface area contributed by atoms with Crippen LogP contribution in [0.4, 0.5) is 4.39 Å². The van der Waals surface area contributed by atoms with E-state index in [1.54, 1.807) is 50.4 Å². The Hall–Kier alpha value is -3.55. The molecule has 1 N–H and O–H groups in total. The van der Waals surface area contributed by atoms with E-state index in [1.165, 1.54) is 6.07 Å². The van der Waals surface area contributed by atoms with E-state index in [-0.39, 0.29) is 24.7 Å². The number of hydrogen-bond acceptors (Lipinski definition) is 5. The van der Waals surface area contributed by atoms with Gasteiger partial charge in [-0.15, -0.1) is 0 Å². The zero-order chi connectivity index (χ0) is 22.4. The van der Waals surface area contributed by atoms with Crippen molar-refractivity contribution in [2.75, 3.05) is 21.3 Å². The van der Waals surface area contributed by atoms with Crippen molar-refractivity contribution < 1.29 is 23.4 Å². The minimum atomic E-state index is -0.370. The lowest BCUT2D eigenvalue weighted by Crippen LogP contribution is -2.23. The van der Waals surface area contributed by atoms with Crippen molar-refractivity contribution in [1.82, 2.24) is 14.9 Å². The van der Waals surface area contributed by atoms with Gasteiger partial charge in [0.1, 0.15) is 11.6 Å². The number of imidazole rings is 1. The monoisotopic (exact) mass is 427 g/mol. The van der Waals surface area contributed by atoms with Crippen LogP contribution in [0.15, 0.2) is 42.7 Å². The van der Waals surface area contributed by atoms with Crippen molar-refractivity contribution >= 4 is 5.91 Å². The average molecular weight is 427 g/mol. The van der Waals surface area contributed by atoms with Gasteiger partial charge in [-0.2, -0.15) is 0 Å². The predicted octanol–water partition coefficient (Wildman–Crippen LogP) is 3.59. The van der Waals surface area contributed by atoms with Crippen molar-refractivity contribution in [2.45, 2.75) is 26.3 Å². The number of aryl methyl sites for hydroxylation is 2. The number of benzene rings is 2. The number of nitrogens with zero attached hydrogens (tertiary/aromatic N) is 2. The number of hydrogen-bond donors (Lipinski definition) is 1. The Kier molecular flexibility index (Phi) is 7.12. The van der Waals surface area contributed by atoms with Gasteiger partial charge in [0.2, 0.25) is 11.7 Å². The van der Waals surface area contributed by atoms with Crippen LogP contribution in [0.5, 0.6) is 17.2 Å². The summed E-state index contributed by atoms with van der Waals surface area (Å²) in [5.41, 5.74) is 1.99. The van der Waals surface area contributed by atoms with Gasteiger partial charge in [-0.3, -0.25) is 4.79 Å². The molecule has 8 heteroatoms. The van der Waals surface area contributed by atoms with Crippen molar-refractivity contribution in [1.29, 1.82) is 0 Å². The van der Waals surface area contributed by atoms with Gasteiger partial charge < -0.3 is 24.1 Å². The van der Waals surface area contributed by atoms with Crippen LogP contribution in [0.2, 0.25) is 0 Å². The van der Waals surface area contributed by atoms with E-state index in [9.17, 15) is 9.18 Å². The normalized spacial score (nSPS) is 10.6. The second-order valence-corrected chi connectivity index (χ2v) is 6.94. The molecule has 1 amide bonds. The van der Waals surface area contributed by atoms with Gasteiger partial charge in [-0.05, 0) is 48.7 Å². The second-order valence-electron chi connectivity index (χ2n) is 6.94. The van der Waals surface area contributed by atoms with Gasteiger partial charge in [0.15, 0.2) is 11.5 Å². The van der Waals surface area contributed by atoms with Gasteiger partial charge >= 0.3 is 0 Å². The molecule has 0 radical (unpaired) electrons. The summed E-state index contributed by atoms with van der Waals surface area (Å²) in [4.78, 5) is 16.4. The number of nitrogens with one attached hydrogen (secondary N) is 1. The molecule has 164 valence electrons. The molecule has 0 saturated carbocycles. The molecule has 1 aromatic heterocycles. The molecule has 0 atom stereocenters. The fourth-order valence-corrected chi connectivity index (χ4v) is 3.31. The van der Waals surface area contributed by atoms with Crippen LogP contribution in [0, 0.1) is 12.7 Å². The highest BCUT2D eigenvalue weighted by molar-refractivity contribution is 5.76. The number of amides is 1. The largest absolute Gasteiger partial charge is 0.493 e. The van der Waals surface area contributed by atoms with E-state index in [0.29, 0.717) is 40.7 Å². The van der Waals surface area contributed by atoms with Gasteiger partial charge in [-0.1, -0.05) is 6.07 Å². The smallest absolute Gasteiger partial charge is 0.220 e. The molecule has 0 spiro atoms. The zero-order valence-electron chi connectivity index (χ0n) is 18.1. The molecule has 0 aliphatic carbocycles. The van der Waals surface area contributed by atoms with Gasteiger partial charge in [0, 0.05) is 25.4 Å². The molecule has 0 unspecified atom stereocenters. The van der Waals surface area contributed by atoms with Crippen LogP contribution in [-0.2, 0) is 17.8 Å². The van der Waals surface area contributed by atoms with Crippen LogP contribution >= 0.6 is 0 Å². The highest BCUT2D eigenvalue weighted by atomic mass is 19.1. The number of rotatable bonds is 9. The number of carbonyl (C=O) groups excluding carboxylic acids is 1. The lowest BCUT2D eigenvalue weighted by Gasteiger charge is -2.14. The van der Waals surface area contributed by atoms with Crippen LogP contribution < -0.4 is 19.5 Å². The lowest BCUT2D eigenvalue weighted by molar-refractivity contribution is -0.121. The highest BCUT2D eigenvalue weighted by Gasteiger charge is 2.14. The van der Waals surface area contributed by atoms with Crippen molar-refractivity contribution in [3.05, 3.63) is 65.5 Å². The summed E-state index contributed by atoms with van der Waals surface area (Å²) in [6.45, 7) is 2.05. The molecule has 31 heavy (non-hydrogen) atoms. The lowest BCUT2D eigenvalue weighted by atomic mass is 10.1. The first kappa shape index (κ1) is 22.1. The summed E-state index contributed by atoms with van der Waals surface area (Å²) in [7, 11) is 4.64. The molecule has 2 aromatic carbocycles. The summed E-state index contributed by atoms with van der Waals surface area (Å²) in [6, 6.07) is 8.54. The summed E-state index contributed by atoms with van der Waals surface area (Å²) < 4.78 is 32.2. The number of ether oxygens (including phenoxy) is 3. The Morgan fingerprint density at radius 3 is 2.32 bits per heavy atom. The Labute approximate surface area is 180 Å². The number of carbonyl (C=O) groups is 1. The summed E-state index contributed by atoms with van der Waals surface area (Å²) >= 11 is 0. The van der Waals surface area contributed by atoms with E-state index in [4.69, 9.17) is 14.2 Å². The molecule has 0 aliphatic rings. The van der Waals surface area contributed by atoms with E-state index < -0.39 is 0 Å². The highest BCUT2D eigenvalue weighted by Crippen LogP contribution is 2.38. The minimum Gasteiger partial charge on any atom is -0.493 e. The van der Waals surface area contributed by atoms with Gasteiger partial charge in [0.05, 0.1) is 27.0 Å². The van der Waals surface area contributed by atoms with Crippen molar-refractivity contribution in [3.8, 4) is 22.9 Å². The maximum absolute atomic E-state index is 14.5. The third-order valence-electron chi connectivity index (χ3n) is 4.95. The van der Waals surface area contributed by atoms with Gasteiger partial charge in [0.25, 0.3) is 0 Å². The Morgan fingerprint density at radius 2 is 1.77 bits per heavy atom. The first-order valence-corrected chi connectivity index (χ1v) is 9.81. The number of methoxy groups -OCH3 is 3. The van der Waals surface area contributed by atoms with Crippen LogP contribution in [0.1, 0.15) is 23.4 Å². The molecular formula is C23H26FN3O4. The molecule has 0 fully saturated rings. The second kappa shape index (κ2) is 9.97. The van der Waals surface area contributed by atoms with Crippen LogP contribution in [0.3, 0.4) is 0 Å². The van der Waals surface area contributed by atoms with E-state index in [1.807, 2.05) is 19.1 Å². The molecule has 0 saturated heterocycles. The summed E-state index contributed by atoms with van der Waals surface area (Å²) in [6.07, 6.45) is 4.10. The maximum atomic E-state index is 14.5. The number of aromatic nitrogens is 2. The Bertz CT molecular complexity index is 1040. The van der Waals surface area contributed by atoms with Crippen molar-refractivity contribution in [3.63, 3.8) is 0 Å². The molecule has 7 nitrogen and oxygen atoms in total. The third-order valence-corrected chi connectivity index (χ3v) is 4.95. The Balaban J connectivity index is 1.58. The Morgan fingerprint density at radius 1 is 1.06 bits per heavy atom. The zero-order valence-corrected chi connectivity index (χ0v) is 18.1. The molecule has 3 rings (SSSR count). The first-order valence-electron chi connectivity index (χ1n) is 9.81. The molecule has 3 aromatic rings. The molecule has 1 heterocycles. The van der Waals surface area contributed by atoms with E-state index >= 15 is 0 Å².